The minimum atomic E-state index is -3.81. The van der Waals surface area contributed by atoms with Crippen molar-refractivity contribution in [3.63, 3.8) is 0 Å². The molecule has 2 aromatic carbocycles. The van der Waals surface area contributed by atoms with E-state index < -0.39 is 10.0 Å². The number of nitrogens with one attached hydrogen (secondary N) is 1. The van der Waals surface area contributed by atoms with Gasteiger partial charge in [0.25, 0.3) is 15.9 Å². The first-order chi connectivity index (χ1) is 12.3. The molecule has 0 atom stereocenters. The number of sulfonamides is 1. The number of carbonyl (C=O) groups is 1. The van der Waals surface area contributed by atoms with Gasteiger partial charge in [-0.15, -0.1) is 0 Å². The molecule has 0 unspecified atom stereocenters. The number of rotatable bonds is 7. The minimum absolute atomic E-state index is 0.0725. The van der Waals surface area contributed by atoms with Gasteiger partial charge in [0.1, 0.15) is 10.6 Å². The maximum Gasteiger partial charge on any atom is 0.265 e. The molecule has 0 bridgehead atoms. The lowest BCUT2D eigenvalue weighted by molar-refractivity contribution is 0.0773. The van der Waals surface area contributed by atoms with Gasteiger partial charge >= 0.3 is 0 Å². The highest BCUT2D eigenvalue weighted by Crippen LogP contribution is 2.27. The van der Waals surface area contributed by atoms with Gasteiger partial charge in [-0.25, -0.2) is 8.42 Å². The van der Waals surface area contributed by atoms with Crippen molar-refractivity contribution in [3.8, 4) is 5.75 Å². The predicted octanol–water partition coefficient (Wildman–Crippen LogP) is 3.29. The summed E-state index contributed by atoms with van der Waals surface area (Å²) in [6, 6.07) is 11.4. The lowest BCUT2D eigenvalue weighted by Crippen LogP contribution is -2.30. The normalized spacial score (nSPS) is 11.1. The van der Waals surface area contributed by atoms with Crippen LogP contribution in [-0.4, -0.2) is 39.4 Å². The fraction of sp³-hybridized carbons (Fsp3) is 0.316. The summed E-state index contributed by atoms with van der Waals surface area (Å²) in [6.45, 7) is 6.89. The summed E-state index contributed by atoms with van der Waals surface area (Å²) in [5, 5.41) is 0. The highest BCUT2D eigenvalue weighted by Gasteiger charge is 2.20. The number of amides is 1. The maximum atomic E-state index is 12.7. The second-order valence-corrected chi connectivity index (χ2v) is 7.47. The molecule has 0 aromatic heterocycles. The van der Waals surface area contributed by atoms with Gasteiger partial charge in [-0.05, 0) is 62.7 Å². The van der Waals surface area contributed by atoms with E-state index in [1.807, 2.05) is 20.8 Å². The molecular formula is C19H24N2O4S. The molecule has 0 radical (unpaired) electrons. The van der Waals surface area contributed by atoms with Crippen molar-refractivity contribution in [2.75, 3.05) is 24.9 Å². The van der Waals surface area contributed by atoms with Crippen molar-refractivity contribution in [1.82, 2.24) is 4.90 Å². The number of carbonyl (C=O) groups excluding carboxylic acids is 1. The zero-order valence-corrected chi connectivity index (χ0v) is 16.3. The number of hydrogen-bond acceptors (Lipinski definition) is 4. The Bertz CT molecular complexity index is 873. The summed E-state index contributed by atoms with van der Waals surface area (Å²) in [4.78, 5) is 14.1. The van der Waals surface area contributed by atoms with Crippen LogP contribution in [0.1, 0.15) is 29.8 Å². The third-order valence-corrected chi connectivity index (χ3v) is 5.45. The van der Waals surface area contributed by atoms with Crippen LogP contribution in [0.4, 0.5) is 5.69 Å². The number of aryl methyl sites for hydroxylation is 1. The number of benzene rings is 2. The van der Waals surface area contributed by atoms with Crippen LogP contribution in [0.25, 0.3) is 0 Å². The van der Waals surface area contributed by atoms with Crippen molar-refractivity contribution >= 4 is 21.6 Å². The first-order valence-electron chi connectivity index (χ1n) is 8.39. The fourth-order valence-corrected chi connectivity index (χ4v) is 3.89. The van der Waals surface area contributed by atoms with Crippen LogP contribution in [0.15, 0.2) is 47.4 Å². The average molecular weight is 376 g/mol. The van der Waals surface area contributed by atoms with Crippen LogP contribution in [-0.2, 0) is 10.0 Å². The van der Waals surface area contributed by atoms with E-state index in [0.717, 1.165) is 5.56 Å². The molecule has 0 aliphatic heterocycles. The SMILES string of the molecule is CCN(CC)C(=O)c1ccc(NS(=O)(=O)c2cc(C)ccc2OC)cc1. The topological polar surface area (TPSA) is 75.7 Å². The number of anilines is 1. The Morgan fingerprint density at radius 2 is 1.69 bits per heavy atom. The van der Waals surface area contributed by atoms with Crippen LogP contribution in [0.3, 0.4) is 0 Å². The summed E-state index contributed by atoms with van der Waals surface area (Å²) >= 11 is 0. The number of methoxy groups -OCH3 is 1. The molecule has 7 heteroatoms. The van der Waals surface area contributed by atoms with E-state index in [2.05, 4.69) is 4.72 Å². The molecule has 0 saturated heterocycles. The molecule has 0 fully saturated rings. The minimum Gasteiger partial charge on any atom is -0.495 e. The maximum absolute atomic E-state index is 12.7. The summed E-state index contributed by atoms with van der Waals surface area (Å²) in [5.41, 5.74) is 1.71. The average Bonchev–Trinajstić information content (AvgIpc) is 2.63. The van der Waals surface area contributed by atoms with Gasteiger partial charge in [-0.2, -0.15) is 0 Å². The highest BCUT2D eigenvalue weighted by atomic mass is 32.2. The van der Waals surface area contributed by atoms with Gasteiger partial charge in [0.2, 0.25) is 0 Å². The zero-order valence-electron chi connectivity index (χ0n) is 15.4. The van der Waals surface area contributed by atoms with Gasteiger partial charge in [-0.3, -0.25) is 9.52 Å². The summed E-state index contributed by atoms with van der Waals surface area (Å²) in [7, 11) is -2.38. The van der Waals surface area contributed by atoms with Crippen molar-refractivity contribution < 1.29 is 17.9 Å². The Morgan fingerprint density at radius 3 is 2.23 bits per heavy atom. The summed E-state index contributed by atoms with van der Waals surface area (Å²) in [6.07, 6.45) is 0. The molecule has 140 valence electrons. The molecule has 2 aromatic rings. The smallest absolute Gasteiger partial charge is 0.265 e. The van der Waals surface area contributed by atoms with Gasteiger partial charge < -0.3 is 9.64 Å². The Balaban J connectivity index is 2.26. The first-order valence-corrected chi connectivity index (χ1v) is 9.87. The molecule has 2 rings (SSSR count). The van der Waals surface area contributed by atoms with Crippen molar-refractivity contribution in [1.29, 1.82) is 0 Å². The van der Waals surface area contributed by atoms with Gasteiger partial charge in [-0.1, -0.05) is 6.07 Å². The Hall–Kier alpha value is -2.54. The zero-order chi connectivity index (χ0) is 19.3. The largest absolute Gasteiger partial charge is 0.495 e. The molecule has 6 nitrogen and oxygen atoms in total. The van der Waals surface area contributed by atoms with Crippen molar-refractivity contribution in [2.24, 2.45) is 0 Å². The van der Waals surface area contributed by atoms with E-state index in [-0.39, 0.29) is 16.6 Å². The first kappa shape index (κ1) is 19.8. The van der Waals surface area contributed by atoms with Crippen LogP contribution in [0.2, 0.25) is 0 Å². The summed E-state index contributed by atoms with van der Waals surface area (Å²) in [5.74, 6) is 0.196. The van der Waals surface area contributed by atoms with Crippen LogP contribution in [0, 0.1) is 6.92 Å². The van der Waals surface area contributed by atoms with Crippen molar-refractivity contribution in [3.05, 3.63) is 53.6 Å². The Labute approximate surface area is 154 Å². The molecule has 0 saturated carbocycles. The lowest BCUT2D eigenvalue weighted by Gasteiger charge is -2.18. The van der Waals surface area contributed by atoms with Gasteiger partial charge in [0.05, 0.1) is 7.11 Å². The van der Waals surface area contributed by atoms with E-state index in [9.17, 15) is 13.2 Å². The lowest BCUT2D eigenvalue weighted by atomic mass is 10.2. The van der Waals surface area contributed by atoms with Gasteiger partial charge in [0.15, 0.2) is 0 Å². The molecule has 0 heterocycles. The number of nitrogens with zero attached hydrogens (tertiary/aromatic N) is 1. The predicted molar refractivity (Wildman–Crippen MR) is 102 cm³/mol. The molecule has 0 aliphatic rings. The third kappa shape index (κ3) is 4.35. The third-order valence-electron chi connectivity index (χ3n) is 4.04. The van der Waals surface area contributed by atoms with Crippen molar-refractivity contribution in [2.45, 2.75) is 25.7 Å². The number of ether oxygens (including phenoxy) is 1. The molecule has 1 N–H and O–H groups in total. The van der Waals surface area contributed by atoms with E-state index in [1.165, 1.54) is 7.11 Å². The van der Waals surface area contributed by atoms with E-state index >= 15 is 0 Å². The van der Waals surface area contributed by atoms with E-state index in [1.54, 1.807) is 47.4 Å². The fourth-order valence-electron chi connectivity index (χ4n) is 2.58. The number of hydrogen-bond donors (Lipinski definition) is 1. The molecule has 26 heavy (non-hydrogen) atoms. The van der Waals surface area contributed by atoms with Gasteiger partial charge in [0, 0.05) is 24.3 Å². The van der Waals surface area contributed by atoms with E-state index in [4.69, 9.17) is 4.74 Å². The Kier molecular flexibility index (Phi) is 6.26. The molecule has 0 aliphatic carbocycles. The standard InChI is InChI=1S/C19H24N2O4S/c1-5-21(6-2)19(22)15-8-10-16(11-9-15)20-26(23,24)18-13-14(3)7-12-17(18)25-4/h7-13,20H,5-6H2,1-4H3. The quantitative estimate of drug-likeness (QED) is 0.805. The molecule has 0 spiro atoms. The second kappa shape index (κ2) is 8.23. The van der Waals surface area contributed by atoms with Crippen LogP contribution in [0.5, 0.6) is 5.75 Å². The molecule has 1 amide bonds. The monoisotopic (exact) mass is 376 g/mol. The van der Waals surface area contributed by atoms with Crippen LogP contribution < -0.4 is 9.46 Å². The Morgan fingerprint density at radius 1 is 1.08 bits per heavy atom. The highest BCUT2D eigenvalue weighted by molar-refractivity contribution is 7.92. The second-order valence-electron chi connectivity index (χ2n) is 5.81. The van der Waals surface area contributed by atoms with Crippen LogP contribution >= 0.6 is 0 Å². The van der Waals surface area contributed by atoms with E-state index in [0.29, 0.717) is 24.3 Å². The molecular weight excluding hydrogens is 352 g/mol. The summed E-state index contributed by atoms with van der Waals surface area (Å²) < 4.78 is 33.1.